The van der Waals surface area contributed by atoms with Crippen LogP contribution in [0.15, 0.2) is 24.3 Å². The van der Waals surface area contributed by atoms with E-state index in [1.54, 1.807) is 24.3 Å². The van der Waals surface area contributed by atoms with Gasteiger partial charge in [0.1, 0.15) is 12.2 Å². The number of nitrogens with zero attached hydrogens (tertiary/aromatic N) is 2. The normalized spacial score (nSPS) is 39.1. The van der Waals surface area contributed by atoms with E-state index in [4.69, 9.17) is 9.47 Å². The van der Waals surface area contributed by atoms with Crippen LogP contribution in [0, 0.1) is 11.8 Å². The summed E-state index contributed by atoms with van der Waals surface area (Å²) in [5, 5.41) is 25.2. The van der Waals surface area contributed by atoms with Gasteiger partial charge in [0.2, 0.25) is 0 Å². The third kappa shape index (κ3) is 5.33. The fourth-order valence-corrected chi connectivity index (χ4v) is 6.87. The molecule has 0 aliphatic carbocycles. The topological polar surface area (TPSA) is 99.5 Å². The lowest BCUT2D eigenvalue weighted by molar-refractivity contribution is -0.287. The zero-order chi connectivity index (χ0) is 30.3. The molecule has 0 bridgehead atoms. The molecule has 2 heterocycles. The van der Waals surface area contributed by atoms with E-state index in [0.717, 1.165) is 0 Å². The molecule has 0 spiro atoms. The first-order valence-corrected chi connectivity index (χ1v) is 15.1. The summed E-state index contributed by atoms with van der Waals surface area (Å²) in [6, 6.07) is 6.65. The third-order valence-electron chi connectivity index (χ3n) is 11.2. The first-order valence-electron chi connectivity index (χ1n) is 15.1. The molecule has 8 atom stereocenters. The van der Waals surface area contributed by atoms with Crippen molar-refractivity contribution in [3.8, 4) is 0 Å². The van der Waals surface area contributed by atoms with Crippen molar-refractivity contribution in [1.29, 1.82) is 0 Å². The van der Waals surface area contributed by atoms with Gasteiger partial charge in [-0.25, -0.2) is 9.59 Å². The molecule has 2 aliphatic heterocycles. The Kier molecular flexibility index (Phi) is 9.52. The number of piperidine rings is 2. The maximum Gasteiger partial charge on any atom is 0.339 e. The molecule has 1 aromatic carbocycles. The van der Waals surface area contributed by atoms with Crippen LogP contribution in [0.1, 0.15) is 128 Å². The summed E-state index contributed by atoms with van der Waals surface area (Å²) < 4.78 is 12.3. The highest BCUT2D eigenvalue weighted by atomic mass is 16.6. The van der Waals surface area contributed by atoms with Crippen molar-refractivity contribution in [2.24, 2.45) is 11.8 Å². The van der Waals surface area contributed by atoms with Gasteiger partial charge in [-0.05, 0) is 65.5 Å². The summed E-state index contributed by atoms with van der Waals surface area (Å²) in [4.78, 5) is 27.2. The standard InChI is InChI=1S/C32H52N2O6/c1-11-29(7)19-25(21(5)31(9,13-3)33(29)37)39-27(35)23-17-15-16-18-24(23)28(36)40-26-20-30(8,12-2)34(38)32(10,14-4)22(26)6/h15-18,21-22,25-26,37-38H,11-14,19-20H2,1-10H3. The average Bonchev–Trinajstić information content (AvgIpc) is 2.96. The molecule has 40 heavy (non-hydrogen) atoms. The Hall–Kier alpha value is -2.00. The predicted molar refractivity (Wildman–Crippen MR) is 154 cm³/mol. The zero-order valence-electron chi connectivity index (χ0n) is 26.3. The van der Waals surface area contributed by atoms with Crippen molar-refractivity contribution in [3.05, 3.63) is 35.4 Å². The number of ether oxygens (including phenoxy) is 2. The number of hydrogen-bond donors (Lipinski definition) is 2. The molecule has 0 amide bonds. The fourth-order valence-electron chi connectivity index (χ4n) is 6.87. The first kappa shape index (κ1) is 32.5. The summed E-state index contributed by atoms with van der Waals surface area (Å²) in [6.45, 7) is 20.1. The Balaban J connectivity index is 1.87. The Morgan fingerprint density at radius 2 is 1.05 bits per heavy atom. The Bertz CT molecular complexity index is 998. The molecule has 2 aliphatic rings. The van der Waals surface area contributed by atoms with Crippen LogP contribution in [-0.2, 0) is 9.47 Å². The number of rotatable bonds is 8. The number of hydrogen-bond acceptors (Lipinski definition) is 8. The molecule has 2 N–H and O–H groups in total. The summed E-state index contributed by atoms with van der Waals surface area (Å²) in [5.41, 5.74) is -1.88. The molecular weight excluding hydrogens is 508 g/mol. The number of carbonyl (C=O) groups excluding carboxylic acids is 2. The summed E-state index contributed by atoms with van der Waals surface area (Å²) in [7, 11) is 0. The molecule has 3 rings (SSSR count). The van der Waals surface area contributed by atoms with Crippen molar-refractivity contribution in [3.63, 3.8) is 0 Å². The molecule has 2 fully saturated rings. The Morgan fingerprint density at radius 1 is 0.725 bits per heavy atom. The maximum absolute atomic E-state index is 13.6. The van der Waals surface area contributed by atoms with Gasteiger partial charge >= 0.3 is 11.9 Å². The van der Waals surface area contributed by atoms with E-state index < -0.39 is 46.3 Å². The van der Waals surface area contributed by atoms with Crippen molar-refractivity contribution in [2.75, 3.05) is 0 Å². The minimum Gasteiger partial charge on any atom is -0.458 e. The fraction of sp³-hybridized carbons (Fsp3) is 0.750. The van der Waals surface area contributed by atoms with Crippen LogP contribution in [0.5, 0.6) is 0 Å². The van der Waals surface area contributed by atoms with Crippen LogP contribution < -0.4 is 0 Å². The molecule has 0 aromatic heterocycles. The van der Waals surface area contributed by atoms with Crippen molar-refractivity contribution < 1.29 is 29.5 Å². The number of carbonyl (C=O) groups is 2. The molecule has 0 saturated carbocycles. The van der Waals surface area contributed by atoms with Crippen molar-refractivity contribution >= 4 is 11.9 Å². The number of hydroxylamine groups is 4. The van der Waals surface area contributed by atoms with Gasteiger partial charge in [0.25, 0.3) is 0 Å². The predicted octanol–water partition coefficient (Wildman–Crippen LogP) is 6.87. The number of esters is 2. The van der Waals surface area contributed by atoms with E-state index in [1.807, 2.05) is 69.2 Å². The molecule has 8 nitrogen and oxygen atoms in total. The third-order valence-corrected chi connectivity index (χ3v) is 11.2. The van der Waals surface area contributed by atoms with Crippen LogP contribution in [-0.4, -0.2) is 66.8 Å². The lowest BCUT2D eigenvalue weighted by Gasteiger charge is -2.57. The van der Waals surface area contributed by atoms with Crippen LogP contribution in [0.3, 0.4) is 0 Å². The highest BCUT2D eigenvalue weighted by Gasteiger charge is 2.55. The van der Waals surface area contributed by atoms with E-state index >= 15 is 0 Å². The average molecular weight is 561 g/mol. The minimum absolute atomic E-state index is 0.131. The molecule has 0 radical (unpaired) electrons. The van der Waals surface area contributed by atoms with Gasteiger partial charge in [0.05, 0.1) is 11.1 Å². The summed E-state index contributed by atoms with van der Waals surface area (Å²) >= 11 is 0. The van der Waals surface area contributed by atoms with Gasteiger partial charge in [0.15, 0.2) is 0 Å². The molecule has 8 heteroatoms. The minimum atomic E-state index is -0.567. The van der Waals surface area contributed by atoms with E-state index in [-0.39, 0.29) is 23.0 Å². The molecule has 2 saturated heterocycles. The number of benzene rings is 1. The first-order chi connectivity index (χ1) is 18.6. The summed E-state index contributed by atoms with van der Waals surface area (Å²) in [5.74, 6) is -1.40. The summed E-state index contributed by atoms with van der Waals surface area (Å²) in [6.07, 6.45) is 2.88. The SMILES string of the molecule is CCC1(C)CC(OC(=O)c2ccccc2C(=O)OC2CC(C)(CC)N(O)C(C)(CC)C2C)C(C)C(C)(CC)N1O. The van der Waals surface area contributed by atoms with E-state index in [2.05, 4.69) is 0 Å². The van der Waals surface area contributed by atoms with Crippen LogP contribution in [0.2, 0.25) is 0 Å². The molecule has 8 unspecified atom stereocenters. The second-order valence-electron chi connectivity index (χ2n) is 13.2. The monoisotopic (exact) mass is 560 g/mol. The largest absolute Gasteiger partial charge is 0.458 e. The second kappa shape index (κ2) is 11.7. The second-order valence-corrected chi connectivity index (χ2v) is 13.2. The van der Waals surface area contributed by atoms with E-state index in [1.165, 1.54) is 10.1 Å². The molecular formula is C32H52N2O6. The lowest BCUT2D eigenvalue weighted by Crippen LogP contribution is -2.67. The van der Waals surface area contributed by atoms with Crippen molar-refractivity contribution in [1.82, 2.24) is 10.1 Å². The maximum atomic E-state index is 13.6. The van der Waals surface area contributed by atoms with Gasteiger partial charge < -0.3 is 19.9 Å². The van der Waals surface area contributed by atoms with Gasteiger partial charge in [-0.3, -0.25) is 0 Å². The Labute approximate surface area is 240 Å². The highest BCUT2D eigenvalue weighted by Crippen LogP contribution is 2.47. The van der Waals surface area contributed by atoms with Gasteiger partial charge in [-0.1, -0.05) is 53.7 Å². The van der Waals surface area contributed by atoms with E-state index in [0.29, 0.717) is 38.5 Å². The quantitative estimate of drug-likeness (QED) is 0.332. The van der Waals surface area contributed by atoms with E-state index in [9.17, 15) is 20.0 Å². The molecule has 226 valence electrons. The van der Waals surface area contributed by atoms with Crippen molar-refractivity contribution in [2.45, 2.75) is 142 Å². The zero-order valence-corrected chi connectivity index (χ0v) is 26.3. The van der Waals surface area contributed by atoms with Gasteiger partial charge in [-0.15, -0.1) is 0 Å². The van der Waals surface area contributed by atoms with Gasteiger partial charge in [-0.2, -0.15) is 10.1 Å². The van der Waals surface area contributed by atoms with Crippen LogP contribution >= 0.6 is 0 Å². The Morgan fingerprint density at radius 3 is 1.32 bits per heavy atom. The smallest absolute Gasteiger partial charge is 0.339 e. The molecule has 1 aromatic rings. The lowest BCUT2D eigenvalue weighted by atomic mass is 9.69. The van der Waals surface area contributed by atoms with Crippen LogP contribution in [0.25, 0.3) is 0 Å². The van der Waals surface area contributed by atoms with Gasteiger partial charge in [0, 0.05) is 46.8 Å². The van der Waals surface area contributed by atoms with Crippen LogP contribution in [0.4, 0.5) is 0 Å². The highest BCUT2D eigenvalue weighted by molar-refractivity contribution is 6.03.